The lowest BCUT2D eigenvalue weighted by atomic mass is 10.2. The highest BCUT2D eigenvalue weighted by molar-refractivity contribution is 5.66. The van der Waals surface area contributed by atoms with Crippen molar-refractivity contribution in [2.24, 2.45) is 0 Å². The smallest absolute Gasteiger partial charge is 0.303 e. The van der Waals surface area contributed by atoms with Gasteiger partial charge in [0, 0.05) is 19.0 Å². The van der Waals surface area contributed by atoms with E-state index in [9.17, 15) is 4.79 Å². The maximum atomic E-state index is 10.6. The summed E-state index contributed by atoms with van der Waals surface area (Å²) >= 11 is 0. The molecule has 0 unspecified atom stereocenters. The number of nitrogens with zero attached hydrogens (tertiary/aromatic N) is 6. The van der Waals surface area contributed by atoms with Crippen molar-refractivity contribution >= 4 is 17.4 Å². The minimum Gasteiger partial charge on any atom is -0.481 e. The van der Waals surface area contributed by atoms with Crippen LogP contribution in [0.5, 0.6) is 0 Å². The van der Waals surface area contributed by atoms with Gasteiger partial charge in [0.05, 0.1) is 0 Å². The number of fused-ring (bicyclic) bond motifs is 1. The highest BCUT2D eigenvalue weighted by Gasteiger charge is 2.13. The van der Waals surface area contributed by atoms with E-state index >= 15 is 0 Å². The second kappa shape index (κ2) is 5.59. The number of aliphatic carboxylic acids is 1. The van der Waals surface area contributed by atoms with Gasteiger partial charge in [0.1, 0.15) is 0 Å². The predicted octanol–water partition coefficient (Wildman–Crippen LogP) is 0.599. The van der Waals surface area contributed by atoms with E-state index in [0.717, 1.165) is 5.82 Å². The number of hydrogen-bond acceptors (Lipinski definition) is 6. The fourth-order valence-corrected chi connectivity index (χ4v) is 1.83. The van der Waals surface area contributed by atoms with Crippen LogP contribution in [0.25, 0.3) is 5.65 Å². The fraction of sp³-hybridized carbons (Fsp3) is 0.545. The molecule has 0 aromatic carbocycles. The number of rotatable bonds is 6. The number of carboxylic acid groups (broad SMARTS) is 1. The third-order valence-corrected chi connectivity index (χ3v) is 2.76. The first kappa shape index (κ1) is 13.2. The largest absolute Gasteiger partial charge is 0.481 e. The minimum atomic E-state index is -0.785. The maximum absolute atomic E-state index is 10.6. The van der Waals surface area contributed by atoms with Gasteiger partial charge >= 0.3 is 5.97 Å². The van der Waals surface area contributed by atoms with E-state index in [-0.39, 0.29) is 12.5 Å². The van der Waals surface area contributed by atoms with Crippen molar-refractivity contribution in [2.45, 2.75) is 32.7 Å². The van der Waals surface area contributed by atoms with Gasteiger partial charge in [0.25, 0.3) is 0 Å². The van der Waals surface area contributed by atoms with Crippen LogP contribution in [0.3, 0.4) is 0 Å². The van der Waals surface area contributed by atoms with Gasteiger partial charge in [-0.3, -0.25) is 4.79 Å². The molecule has 8 nitrogen and oxygen atoms in total. The molecule has 0 aliphatic carbocycles. The third-order valence-electron chi connectivity index (χ3n) is 2.76. The Morgan fingerprint density at radius 3 is 2.95 bits per heavy atom. The normalized spacial score (nSPS) is 11.1. The lowest BCUT2D eigenvalue weighted by Crippen LogP contribution is -2.33. The van der Waals surface area contributed by atoms with Crippen molar-refractivity contribution in [2.75, 3.05) is 11.4 Å². The Balaban J connectivity index is 2.15. The van der Waals surface area contributed by atoms with Crippen LogP contribution in [-0.4, -0.2) is 48.9 Å². The van der Waals surface area contributed by atoms with Gasteiger partial charge in [-0.1, -0.05) is 0 Å². The van der Waals surface area contributed by atoms with Crippen molar-refractivity contribution in [3.63, 3.8) is 0 Å². The van der Waals surface area contributed by atoms with Crippen LogP contribution in [0, 0.1) is 0 Å². The monoisotopic (exact) mass is 264 g/mol. The van der Waals surface area contributed by atoms with Crippen LogP contribution in [0.15, 0.2) is 12.1 Å². The van der Waals surface area contributed by atoms with E-state index in [1.807, 2.05) is 24.8 Å². The molecule has 0 spiro atoms. The Labute approximate surface area is 110 Å². The molecule has 0 amide bonds. The van der Waals surface area contributed by atoms with Crippen LogP contribution >= 0.6 is 0 Å². The van der Waals surface area contributed by atoms with Gasteiger partial charge in [0.15, 0.2) is 11.5 Å². The molecule has 0 saturated heterocycles. The molecule has 19 heavy (non-hydrogen) atoms. The summed E-state index contributed by atoms with van der Waals surface area (Å²) in [5, 5.41) is 24.1. The van der Waals surface area contributed by atoms with Gasteiger partial charge < -0.3 is 10.0 Å². The number of tetrazole rings is 1. The molecule has 102 valence electrons. The van der Waals surface area contributed by atoms with E-state index in [0.29, 0.717) is 18.6 Å². The number of carbonyl (C=O) groups is 1. The van der Waals surface area contributed by atoms with Crippen molar-refractivity contribution in [3.8, 4) is 0 Å². The number of anilines is 1. The van der Waals surface area contributed by atoms with Crippen molar-refractivity contribution in [3.05, 3.63) is 12.1 Å². The standard InChI is InChI=1S/C11H16N6O2/c1-8(2)16(7-3-4-11(18)19)10-6-5-9-12-14-15-17(9)13-10/h5-6,8H,3-4,7H2,1-2H3,(H,18,19). The SMILES string of the molecule is CC(C)N(CCCC(=O)O)c1ccc2nnnn2n1. The summed E-state index contributed by atoms with van der Waals surface area (Å²) in [7, 11) is 0. The molecule has 2 rings (SSSR count). The van der Waals surface area contributed by atoms with Crippen molar-refractivity contribution < 1.29 is 9.90 Å². The van der Waals surface area contributed by atoms with Gasteiger partial charge in [-0.05, 0) is 42.8 Å². The van der Waals surface area contributed by atoms with Gasteiger partial charge in [-0.15, -0.1) is 14.8 Å². The first-order chi connectivity index (χ1) is 9.08. The van der Waals surface area contributed by atoms with E-state index in [1.165, 1.54) is 4.63 Å². The van der Waals surface area contributed by atoms with Crippen LogP contribution in [0.2, 0.25) is 0 Å². The van der Waals surface area contributed by atoms with E-state index in [4.69, 9.17) is 5.11 Å². The van der Waals surface area contributed by atoms with E-state index in [2.05, 4.69) is 20.6 Å². The maximum Gasteiger partial charge on any atom is 0.303 e. The molecule has 0 fully saturated rings. The number of carboxylic acids is 1. The molecule has 2 aromatic rings. The average molecular weight is 264 g/mol. The van der Waals surface area contributed by atoms with E-state index in [1.54, 1.807) is 6.07 Å². The number of hydrogen-bond donors (Lipinski definition) is 1. The Morgan fingerprint density at radius 1 is 1.47 bits per heavy atom. The Bertz CT molecular complexity index is 567. The van der Waals surface area contributed by atoms with E-state index < -0.39 is 5.97 Å². The summed E-state index contributed by atoms with van der Waals surface area (Å²) in [5.74, 6) is -0.0483. The van der Waals surface area contributed by atoms with Crippen LogP contribution in [0.1, 0.15) is 26.7 Å². The zero-order valence-corrected chi connectivity index (χ0v) is 10.9. The first-order valence-corrected chi connectivity index (χ1v) is 6.12. The highest BCUT2D eigenvalue weighted by Crippen LogP contribution is 2.14. The fourth-order valence-electron chi connectivity index (χ4n) is 1.83. The summed E-state index contributed by atoms with van der Waals surface area (Å²) in [4.78, 5) is 12.6. The topological polar surface area (TPSA) is 96.5 Å². The summed E-state index contributed by atoms with van der Waals surface area (Å²) in [5.41, 5.74) is 0.581. The summed E-state index contributed by atoms with van der Waals surface area (Å²) < 4.78 is 1.36. The lowest BCUT2D eigenvalue weighted by molar-refractivity contribution is -0.137. The first-order valence-electron chi connectivity index (χ1n) is 6.12. The molecular formula is C11H16N6O2. The second-order valence-corrected chi connectivity index (χ2v) is 4.50. The molecule has 0 radical (unpaired) electrons. The highest BCUT2D eigenvalue weighted by atomic mass is 16.4. The summed E-state index contributed by atoms with van der Waals surface area (Å²) in [6, 6.07) is 3.84. The van der Waals surface area contributed by atoms with Crippen LogP contribution in [-0.2, 0) is 4.79 Å². The molecule has 2 aromatic heterocycles. The Kier molecular flexibility index (Phi) is 3.88. The Hall–Kier alpha value is -2.25. The zero-order chi connectivity index (χ0) is 13.8. The van der Waals surface area contributed by atoms with Crippen LogP contribution < -0.4 is 4.90 Å². The van der Waals surface area contributed by atoms with Crippen LogP contribution in [0.4, 0.5) is 5.82 Å². The van der Waals surface area contributed by atoms with Crippen molar-refractivity contribution in [1.29, 1.82) is 0 Å². The molecular weight excluding hydrogens is 248 g/mol. The Morgan fingerprint density at radius 2 is 2.26 bits per heavy atom. The van der Waals surface area contributed by atoms with Gasteiger partial charge in [-0.2, -0.15) is 0 Å². The van der Waals surface area contributed by atoms with Gasteiger partial charge in [-0.25, -0.2) is 0 Å². The molecule has 0 aliphatic rings. The molecule has 1 N–H and O–H groups in total. The van der Waals surface area contributed by atoms with Crippen molar-refractivity contribution in [1.82, 2.24) is 25.3 Å². The quantitative estimate of drug-likeness (QED) is 0.815. The zero-order valence-electron chi connectivity index (χ0n) is 10.9. The molecule has 0 aliphatic heterocycles. The molecule has 8 heteroatoms. The predicted molar refractivity (Wildman–Crippen MR) is 67.9 cm³/mol. The van der Waals surface area contributed by atoms with Gasteiger partial charge in [0.2, 0.25) is 0 Å². The third kappa shape index (κ3) is 3.15. The minimum absolute atomic E-state index is 0.149. The molecule has 0 bridgehead atoms. The summed E-state index contributed by atoms with van der Waals surface area (Å²) in [6.07, 6.45) is 0.721. The molecule has 0 saturated carbocycles. The molecule has 2 heterocycles. The average Bonchev–Trinajstić information content (AvgIpc) is 2.80. The summed E-state index contributed by atoms with van der Waals surface area (Å²) in [6.45, 7) is 4.70. The second-order valence-electron chi connectivity index (χ2n) is 4.50. The lowest BCUT2D eigenvalue weighted by Gasteiger charge is -2.27. The molecule has 0 atom stereocenters. The number of aromatic nitrogens is 5.